The Balaban J connectivity index is 1.52. The third kappa shape index (κ3) is 2.52. The number of hydrogen-bond donors (Lipinski definition) is 3. The number of aromatic nitrogens is 1. The maximum atomic E-state index is 11.4. The topological polar surface area (TPSA) is 83.6 Å². The molecule has 2 aromatic carbocycles. The Morgan fingerprint density at radius 1 is 1.21 bits per heavy atom. The van der Waals surface area contributed by atoms with E-state index in [1.54, 1.807) is 6.07 Å². The average Bonchev–Trinajstić information content (AvgIpc) is 3.20. The minimum atomic E-state index is -0.997. The first kappa shape index (κ1) is 14.4. The van der Waals surface area contributed by atoms with Gasteiger partial charge in [-0.15, -0.1) is 0 Å². The van der Waals surface area contributed by atoms with Crippen LogP contribution in [0, 0.1) is 0 Å². The van der Waals surface area contributed by atoms with E-state index in [0.717, 1.165) is 11.9 Å². The van der Waals surface area contributed by atoms with Crippen LogP contribution in [0.3, 0.4) is 0 Å². The van der Waals surface area contributed by atoms with Crippen molar-refractivity contribution < 1.29 is 19.4 Å². The summed E-state index contributed by atoms with van der Waals surface area (Å²) in [6.07, 6.45) is 2.77. The molecule has 0 fully saturated rings. The Kier molecular flexibility index (Phi) is 3.49. The van der Waals surface area contributed by atoms with Gasteiger partial charge in [0.25, 0.3) is 0 Å². The fourth-order valence-electron chi connectivity index (χ4n) is 2.94. The summed E-state index contributed by atoms with van der Waals surface area (Å²) in [6, 6.07) is 11.3. The van der Waals surface area contributed by atoms with Crippen LogP contribution in [-0.2, 0) is 6.42 Å². The molecule has 3 N–H and O–H groups in total. The van der Waals surface area contributed by atoms with Gasteiger partial charge in [0.15, 0.2) is 11.5 Å². The number of hydrogen-bond acceptors (Lipinski definition) is 4. The molecule has 1 aliphatic heterocycles. The van der Waals surface area contributed by atoms with Crippen molar-refractivity contribution in [2.75, 3.05) is 18.7 Å². The maximum Gasteiger partial charge on any atom is 0.337 e. The summed E-state index contributed by atoms with van der Waals surface area (Å²) in [5, 5.41) is 13.8. The predicted octanol–water partition coefficient (Wildman–Crippen LogP) is 3.25. The highest BCUT2D eigenvalue weighted by molar-refractivity contribution is 5.95. The van der Waals surface area contributed by atoms with Crippen molar-refractivity contribution in [1.82, 2.24) is 4.98 Å². The molecule has 3 aromatic rings. The SMILES string of the molecule is O=C(O)c1cc2c(cc1NCCc1c[nH]c3ccccc13)OCO2. The van der Waals surface area contributed by atoms with E-state index >= 15 is 0 Å². The summed E-state index contributed by atoms with van der Waals surface area (Å²) < 4.78 is 10.6. The van der Waals surface area contributed by atoms with Crippen LogP contribution in [-0.4, -0.2) is 29.4 Å². The predicted molar refractivity (Wildman–Crippen MR) is 90.0 cm³/mol. The lowest BCUT2D eigenvalue weighted by Gasteiger charge is -2.10. The molecule has 6 heteroatoms. The molecule has 6 nitrogen and oxygen atoms in total. The first-order valence-corrected chi connectivity index (χ1v) is 7.68. The fraction of sp³-hybridized carbons (Fsp3) is 0.167. The van der Waals surface area contributed by atoms with Crippen LogP contribution in [0.25, 0.3) is 10.9 Å². The van der Waals surface area contributed by atoms with Gasteiger partial charge in [-0.2, -0.15) is 0 Å². The van der Waals surface area contributed by atoms with E-state index in [1.165, 1.54) is 17.0 Å². The monoisotopic (exact) mass is 324 g/mol. The molecule has 4 rings (SSSR count). The summed E-state index contributed by atoms with van der Waals surface area (Å²) in [7, 11) is 0. The summed E-state index contributed by atoms with van der Waals surface area (Å²) in [4.78, 5) is 14.7. The molecule has 0 atom stereocenters. The number of carbonyl (C=O) groups is 1. The number of benzene rings is 2. The van der Waals surface area contributed by atoms with Crippen LogP contribution in [0.1, 0.15) is 15.9 Å². The van der Waals surface area contributed by atoms with Crippen molar-refractivity contribution in [3.05, 3.63) is 53.7 Å². The molecule has 1 aromatic heterocycles. The van der Waals surface area contributed by atoms with Gasteiger partial charge < -0.3 is 24.9 Å². The number of nitrogens with one attached hydrogen (secondary N) is 2. The molecule has 122 valence electrons. The van der Waals surface area contributed by atoms with E-state index in [9.17, 15) is 9.90 Å². The molecule has 0 aliphatic carbocycles. The number of para-hydroxylation sites is 1. The number of carboxylic acids is 1. The molecule has 0 amide bonds. The number of H-pyrrole nitrogens is 1. The smallest absolute Gasteiger partial charge is 0.337 e. The molecular weight excluding hydrogens is 308 g/mol. The Bertz CT molecular complexity index is 917. The molecule has 0 spiro atoms. The molecule has 0 radical (unpaired) electrons. The Labute approximate surface area is 138 Å². The van der Waals surface area contributed by atoms with E-state index in [1.807, 2.05) is 24.4 Å². The zero-order valence-electron chi connectivity index (χ0n) is 12.8. The second-order valence-corrected chi connectivity index (χ2v) is 5.59. The van der Waals surface area contributed by atoms with E-state index in [-0.39, 0.29) is 12.4 Å². The zero-order chi connectivity index (χ0) is 16.5. The third-order valence-electron chi connectivity index (χ3n) is 4.13. The first-order valence-electron chi connectivity index (χ1n) is 7.68. The zero-order valence-corrected chi connectivity index (χ0v) is 12.8. The van der Waals surface area contributed by atoms with Crippen LogP contribution in [0.15, 0.2) is 42.6 Å². The lowest BCUT2D eigenvalue weighted by molar-refractivity contribution is 0.0697. The molecule has 24 heavy (non-hydrogen) atoms. The minimum Gasteiger partial charge on any atom is -0.478 e. The number of carboxylic acid groups (broad SMARTS) is 1. The van der Waals surface area contributed by atoms with Crippen LogP contribution in [0.4, 0.5) is 5.69 Å². The number of fused-ring (bicyclic) bond motifs is 2. The molecule has 2 heterocycles. The fourth-order valence-corrected chi connectivity index (χ4v) is 2.94. The van der Waals surface area contributed by atoms with Crippen LogP contribution < -0.4 is 14.8 Å². The normalized spacial score (nSPS) is 12.5. The Morgan fingerprint density at radius 2 is 2.00 bits per heavy atom. The Morgan fingerprint density at radius 3 is 2.83 bits per heavy atom. The van der Waals surface area contributed by atoms with E-state index in [2.05, 4.69) is 16.4 Å². The van der Waals surface area contributed by atoms with Gasteiger partial charge in [-0.05, 0) is 18.1 Å². The van der Waals surface area contributed by atoms with Gasteiger partial charge in [0.1, 0.15) is 0 Å². The van der Waals surface area contributed by atoms with Crippen molar-refractivity contribution in [3.8, 4) is 11.5 Å². The number of rotatable bonds is 5. The lowest BCUT2D eigenvalue weighted by atomic mass is 10.1. The molecular formula is C18H16N2O4. The van der Waals surface area contributed by atoms with E-state index < -0.39 is 5.97 Å². The van der Waals surface area contributed by atoms with Gasteiger partial charge in [0, 0.05) is 35.8 Å². The molecule has 0 saturated heterocycles. The van der Waals surface area contributed by atoms with Crippen molar-refractivity contribution in [3.63, 3.8) is 0 Å². The number of ether oxygens (including phenoxy) is 2. The van der Waals surface area contributed by atoms with Gasteiger partial charge in [-0.1, -0.05) is 18.2 Å². The molecule has 0 saturated carbocycles. The van der Waals surface area contributed by atoms with E-state index in [4.69, 9.17) is 9.47 Å². The van der Waals surface area contributed by atoms with Crippen molar-refractivity contribution >= 4 is 22.6 Å². The summed E-state index contributed by atoms with van der Waals surface area (Å²) in [5.74, 6) is 0.0343. The van der Waals surface area contributed by atoms with Gasteiger partial charge in [0.05, 0.1) is 11.3 Å². The van der Waals surface area contributed by atoms with Crippen molar-refractivity contribution in [2.45, 2.75) is 6.42 Å². The standard InChI is InChI=1S/C18H16N2O4/c21-18(22)13-7-16-17(24-10-23-16)8-15(13)19-6-5-11-9-20-14-4-2-1-3-12(11)14/h1-4,7-9,19-20H,5-6,10H2,(H,21,22). The highest BCUT2D eigenvalue weighted by Gasteiger charge is 2.20. The highest BCUT2D eigenvalue weighted by Crippen LogP contribution is 2.37. The molecule has 0 unspecified atom stereocenters. The number of aromatic amines is 1. The second-order valence-electron chi connectivity index (χ2n) is 5.59. The first-order chi connectivity index (χ1) is 11.7. The third-order valence-corrected chi connectivity index (χ3v) is 4.13. The molecule has 1 aliphatic rings. The summed E-state index contributed by atoms with van der Waals surface area (Å²) >= 11 is 0. The largest absolute Gasteiger partial charge is 0.478 e. The maximum absolute atomic E-state index is 11.4. The van der Waals surface area contributed by atoms with Gasteiger partial charge in [-0.3, -0.25) is 0 Å². The van der Waals surface area contributed by atoms with E-state index in [0.29, 0.717) is 23.7 Å². The van der Waals surface area contributed by atoms with Gasteiger partial charge in [-0.25, -0.2) is 4.79 Å². The van der Waals surface area contributed by atoms with Crippen molar-refractivity contribution in [2.24, 2.45) is 0 Å². The second kappa shape index (κ2) is 5.81. The number of aromatic carboxylic acids is 1. The number of anilines is 1. The Hall–Kier alpha value is -3.15. The van der Waals surface area contributed by atoms with Crippen LogP contribution in [0.2, 0.25) is 0 Å². The van der Waals surface area contributed by atoms with Crippen LogP contribution >= 0.6 is 0 Å². The van der Waals surface area contributed by atoms with Gasteiger partial charge >= 0.3 is 5.97 Å². The molecule has 0 bridgehead atoms. The lowest BCUT2D eigenvalue weighted by Crippen LogP contribution is -2.09. The van der Waals surface area contributed by atoms with Crippen LogP contribution in [0.5, 0.6) is 11.5 Å². The summed E-state index contributed by atoms with van der Waals surface area (Å²) in [5.41, 5.74) is 3.00. The average molecular weight is 324 g/mol. The minimum absolute atomic E-state index is 0.118. The quantitative estimate of drug-likeness (QED) is 0.671. The highest BCUT2D eigenvalue weighted by atomic mass is 16.7. The van der Waals surface area contributed by atoms with Gasteiger partial charge in [0.2, 0.25) is 6.79 Å². The van der Waals surface area contributed by atoms with Crippen molar-refractivity contribution in [1.29, 1.82) is 0 Å². The summed E-state index contributed by atoms with van der Waals surface area (Å²) in [6.45, 7) is 0.731.